The fourth-order valence-corrected chi connectivity index (χ4v) is 2.93. The van der Waals surface area contributed by atoms with Gasteiger partial charge in [-0.05, 0) is 49.3 Å². The molecule has 1 aliphatic rings. The molecule has 0 bridgehead atoms. The molecule has 2 rings (SSSR count). The second kappa shape index (κ2) is 6.06. The van der Waals surface area contributed by atoms with Gasteiger partial charge in [-0.2, -0.15) is 0 Å². The minimum atomic E-state index is 0.384. The molecule has 2 N–H and O–H groups in total. The predicted molar refractivity (Wildman–Crippen MR) is 82.3 cm³/mol. The van der Waals surface area contributed by atoms with Crippen molar-refractivity contribution in [2.45, 2.75) is 52.6 Å². The molecule has 0 radical (unpaired) electrons. The zero-order valence-corrected chi connectivity index (χ0v) is 12.8. The van der Waals surface area contributed by atoms with E-state index in [0.29, 0.717) is 18.5 Å². The second-order valence-electron chi connectivity index (χ2n) is 6.36. The quantitative estimate of drug-likeness (QED) is 0.849. The summed E-state index contributed by atoms with van der Waals surface area (Å²) in [6, 6.07) is 7.76. The molecule has 1 unspecified atom stereocenters. The summed E-state index contributed by atoms with van der Waals surface area (Å²) in [6.45, 7) is 10.9. The Morgan fingerprint density at radius 1 is 1.26 bits per heavy atom. The highest BCUT2D eigenvalue weighted by molar-refractivity contribution is 5.35. The van der Waals surface area contributed by atoms with Crippen molar-refractivity contribution in [1.82, 2.24) is 4.90 Å². The van der Waals surface area contributed by atoms with Crippen LogP contribution in [0.15, 0.2) is 18.2 Å². The van der Waals surface area contributed by atoms with Crippen molar-refractivity contribution < 1.29 is 0 Å². The minimum absolute atomic E-state index is 0.384. The first-order valence-electron chi connectivity index (χ1n) is 7.56. The van der Waals surface area contributed by atoms with Gasteiger partial charge >= 0.3 is 0 Å². The van der Waals surface area contributed by atoms with E-state index in [2.05, 4.69) is 50.8 Å². The molecule has 0 heterocycles. The maximum atomic E-state index is 6.12. The topological polar surface area (TPSA) is 29.3 Å². The molecule has 0 saturated heterocycles. The Hall–Kier alpha value is -0.860. The molecule has 1 fully saturated rings. The normalized spacial score (nSPS) is 17.2. The Bertz CT molecular complexity index is 421. The molecule has 19 heavy (non-hydrogen) atoms. The van der Waals surface area contributed by atoms with E-state index < -0.39 is 0 Å². The highest BCUT2D eigenvalue weighted by Gasteiger charge is 2.34. The minimum Gasteiger partial charge on any atom is -0.329 e. The predicted octanol–water partition coefficient (Wildman–Crippen LogP) is 3.42. The molecule has 2 nitrogen and oxygen atoms in total. The van der Waals surface area contributed by atoms with E-state index in [1.807, 2.05) is 0 Å². The van der Waals surface area contributed by atoms with E-state index in [1.165, 1.54) is 29.5 Å². The number of nitrogens with two attached hydrogens (primary N) is 1. The van der Waals surface area contributed by atoms with Crippen molar-refractivity contribution in [1.29, 1.82) is 0 Å². The van der Waals surface area contributed by atoms with E-state index in [-0.39, 0.29) is 0 Å². The van der Waals surface area contributed by atoms with Gasteiger partial charge in [0, 0.05) is 25.2 Å². The van der Waals surface area contributed by atoms with Crippen molar-refractivity contribution in [3.05, 3.63) is 34.9 Å². The zero-order valence-electron chi connectivity index (χ0n) is 12.8. The van der Waals surface area contributed by atoms with Crippen LogP contribution in [0, 0.1) is 19.8 Å². The van der Waals surface area contributed by atoms with Crippen molar-refractivity contribution in [2.75, 3.05) is 13.1 Å². The number of hydrogen-bond acceptors (Lipinski definition) is 2. The second-order valence-corrected chi connectivity index (χ2v) is 6.36. The SMILES string of the molecule is Cc1cccc(C(CN)N(CC(C)C)C2CC2)c1C. The molecule has 1 aliphatic carbocycles. The number of nitrogens with zero attached hydrogens (tertiary/aromatic N) is 1. The summed E-state index contributed by atoms with van der Waals surface area (Å²) in [5.74, 6) is 0.694. The van der Waals surface area contributed by atoms with Crippen LogP contribution in [0.1, 0.15) is 49.4 Å². The lowest BCUT2D eigenvalue weighted by molar-refractivity contribution is 0.169. The van der Waals surface area contributed by atoms with Gasteiger partial charge in [0.05, 0.1) is 0 Å². The lowest BCUT2D eigenvalue weighted by atomic mass is 9.95. The highest BCUT2D eigenvalue weighted by atomic mass is 15.2. The summed E-state index contributed by atoms with van der Waals surface area (Å²) < 4.78 is 0. The average Bonchev–Trinajstić information content (AvgIpc) is 3.17. The van der Waals surface area contributed by atoms with Crippen molar-refractivity contribution in [2.24, 2.45) is 11.7 Å². The van der Waals surface area contributed by atoms with E-state index in [9.17, 15) is 0 Å². The number of hydrogen-bond donors (Lipinski definition) is 1. The van der Waals surface area contributed by atoms with Gasteiger partial charge in [-0.25, -0.2) is 0 Å². The van der Waals surface area contributed by atoms with Gasteiger partial charge in [-0.15, -0.1) is 0 Å². The van der Waals surface area contributed by atoms with Crippen LogP contribution in [-0.4, -0.2) is 24.0 Å². The van der Waals surface area contributed by atoms with Crippen molar-refractivity contribution in [3.63, 3.8) is 0 Å². The molecular formula is C17H28N2. The number of aryl methyl sites for hydroxylation is 1. The van der Waals surface area contributed by atoms with Crippen molar-refractivity contribution in [3.8, 4) is 0 Å². The first-order chi connectivity index (χ1) is 9.04. The summed E-state index contributed by atoms with van der Waals surface area (Å²) in [5, 5.41) is 0. The van der Waals surface area contributed by atoms with Crippen LogP contribution in [0.25, 0.3) is 0 Å². The molecule has 1 aromatic carbocycles. The molecule has 0 aliphatic heterocycles. The molecule has 106 valence electrons. The first kappa shape index (κ1) is 14.5. The fourth-order valence-electron chi connectivity index (χ4n) is 2.93. The van der Waals surface area contributed by atoms with E-state index in [4.69, 9.17) is 5.73 Å². The van der Waals surface area contributed by atoms with Gasteiger partial charge in [0.25, 0.3) is 0 Å². The van der Waals surface area contributed by atoms with Crippen molar-refractivity contribution >= 4 is 0 Å². The van der Waals surface area contributed by atoms with Crippen LogP contribution in [0.2, 0.25) is 0 Å². The molecule has 0 spiro atoms. The summed E-state index contributed by atoms with van der Waals surface area (Å²) in [4.78, 5) is 2.65. The van der Waals surface area contributed by atoms with Gasteiger partial charge in [0.1, 0.15) is 0 Å². The Labute approximate surface area is 118 Å². The van der Waals surface area contributed by atoms with Crippen LogP contribution in [-0.2, 0) is 0 Å². The Balaban J connectivity index is 2.28. The third kappa shape index (κ3) is 3.37. The van der Waals surface area contributed by atoms with E-state index >= 15 is 0 Å². The van der Waals surface area contributed by atoms with Crippen LogP contribution in [0.3, 0.4) is 0 Å². The van der Waals surface area contributed by atoms with Crippen LogP contribution in [0.5, 0.6) is 0 Å². The smallest absolute Gasteiger partial charge is 0.0476 e. The van der Waals surface area contributed by atoms with Crippen LogP contribution < -0.4 is 5.73 Å². The fraction of sp³-hybridized carbons (Fsp3) is 0.647. The molecule has 1 aromatic rings. The first-order valence-corrected chi connectivity index (χ1v) is 7.56. The maximum absolute atomic E-state index is 6.12. The summed E-state index contributed by atoms with van der Waals surface area (Å²) >= 11 is 0. The molecule has 2 heteroatoms. The highest BCUT2D eigenvalue weighted by Crippen LogP contribution is 2.36. The van der Waals surface area contributed by atoms with Crippen LogP contribution >= 0.6 is 0 Å². The average molecular weight is 260 g/mol. The van der Waals surface area contributed by atoms with Gasteiger partial charge in [0.15, 0.2) is 0 Å². The molecule has 0 amide bonds. The van der Waals surface area contributed by atoms with Gasteiger partial charge in [0.2, 0.25) is 0 Å². The van der Waals surface area contributed by atoms with Gasteiger partial charge in [-0.3, -0.25) is 4.90 Å². The van der Waals surface area contributed by atoms with E-state index in [1.54, 1.807) is 0 Å². The Morgan fingerprint density at radius 3 is 2.47 bits per heavy atom. The summed E-state index contributed by atoms with van der Waals surface area (Å²) in [6.07, 6.45) is 2.68. The largest absolute Gasteiger partial charge is 0.329 e. The zero-order chi connectivity index (χ0) is 14.0. The standard InChI is InChI=1S/C17H28N2/c1-12(2)11-19(15-8-9-15)17(10-18)16-7-5-6-13(3)14(16)4/h5-7,12,15,17H,8-11,18H2,1-4H3. The maximum Gasteiger partial charge on any atom is 0.0476 e. The Kier molecular flexibility index (Phi) is 4.64. The van der Waals surface area contributed by atoms with E-state index in [0.717, 1.165) is 12.6 Å². The lowest BCUT2D eigenvalue weighted by Crippen LogP contribution is -2.38. The summed E-state index contributed by atoms with van der Waals surface area (Å²) in [7, 11) is 0. The molecule has 1 saturated carbocycles. The number of rotatable bonds is 6. The lowest BCUT2D eigenvalue weighted by Gasteiger charge is -2.34. The molecule has 0 aromatic heterocycles. The van der Waals surface area contributed by atoms with Gasteiger partial charge in [-0.1, -0.05) is 32.0 Å². The summed E-state index contributed by atoms with van der Waals surface area (Å²) in [5.41, 5.74) is 10.3. The van der Waals surface area contributed by atoms with Crippen LogP contribution in [0.4, 0.5) is 0 Å². The molecule has 1 atom stereocenters. The third-order valence-electron chi connectivity index (χ3n) is 4.22. The number of benzene rings is 1. The Morgan fingerprint density at radius 2 is 1.95 bits per heavy atom. The molecular weight excluding hydrogens is 232 g/mol. The third-order valence-corrected chi connectivity index (χ3v) is 4.22. The monoisotopic (exact) mass is 260 g/mol. The van der Waals surface area contributed by atoms with Gasteiger partial charge < -0.3 is 5.73 Å².